The van der Waals surface area contributed by atoms with E-state index in [1.165, 1.54) is 18.3 Å². The minimum atomic E-state index is -0.461. The van der Waals surface area contributed by atoms with Gasteiger partial charge in [0.25, 0.3) is 5.91 Å². The zero-order valence-corrected chi connectivity index (χ0v) is 15.0. The number of ether oxygens (including phenoxy) is 1. The van der Waals surface area contributed by atoms with Crippen LogP contribution in [0.3, 0.4) is 0 Å². The number of halogens is 1. The van der Waals surface area contributed by atoms with Crippen LogP contribution in [0, 0.1) is 6.92 Å². The monoisotopic (exact) mass is 372 g/mol. The summed E-state index contributed by atoms with van der Waals surface area (Å²) in [6, 6.07) is 8.32. The van der Waals surface area contributed by atoms with E-state index in [-0.39, 0.29) is 11.4 Å². The van der Waals surface area contributed by atoms with Crippen LogP contribution in [0.4, 0.5) is 5.82 Å². The molecule has 134 valence electrons. The number of carbonyl (C=O) groups excluding carboxylic acids is 1. The number of aromatic nitrogens is 3. The molecule has 0 unspecified atom stereocenters. The molecule has 0 spiro atoms. The molecule has 26 heavy (non-hydrogen) atoms. The van der Waals surface area contributed by atoms with E-state index in [1.54, 1.807) is 16.9 Å². The quantitative estimate of drug-likeness (QED) is 0.714. The van der Waals surface area contributed by atoms with Crippen LogP contribution in [-0.4, -0.2) is 32.4 Å². The third-order valence-corrected chi connectivity index (χ3v) is 3.83. The Hall–Kier alpha value is -3.06. The Morgan fingerprint density at radius 1 is 1.35 bits per heavy atom. The molecule has 0 aliphatic rings. The van der Waals surface area contributed by atoms with Gasteiger partial charge in [-0.2, -0.15) is 5.10 Å². The predicted octanol–water partition coefficient (Wildman–Crippen LogP) is 3.59. The number of nitrogens with zero attached hydrogens (tertiary/aromatic N) is 3. The third kappa shape index (κ3) is 3.78. The fraction of sp³-hybridized carbons (Fsp3) is 0.167. The molecule has 2 N–H and O–H groups in total. The van der Waals surface area contributed by atoms with Crippen LogP contribution in [0.25, 0.3) is 5.69 Å². The van der Waals surface area contributed by atoms with E-state index in [4.69, 9.17) is 16.3 Å². The van der Waals surface area contributed by atoms with E-state index < -0.39 is 5.91 Å². The number of aryl methyl sites for hydroxylation is 1. The number of nitrogens with one attached hydrogen (secondary N) is 1. The molecule has 0 fully saturated rings. The SMILES string of the molecule is CCOc1cn(-c2ccc(Cl)cc2C)nc1C(=O)Nc1ccc(O)cn1. The number of anilines is 1. The summed E-state index contributed by atoms with van der Waals surface area (Å²) in [5.74, 6) is 0.211. The number of carbonyl (C=O) groups is 1. The Bertz CT molecular complexity index is 938. The molecule has 0 saturated carbocycles. The largest absolute Gasteiger partial charge is 0.506 e. The van der Waals surface area contributed by atoms with Gasteiger partial charge < -0.3 is 15.2 Å². The molecule has 8 heteroatoms. The molecule has 2 heterocycles. The molecule has 0 radical (unpaired) electrons. The molecular formula is C18H17ClN4O3. The van der Waals surface area contributed by atoms with Gasteiger partial charge in [-0.25, -0.2) is 9.67 Å². The second-order valence-corrected chi connectivity index (χ2v) is 5.94. The minimum absolute atomic E-state index is 0.0143. The van der Waals surface area contributed by atoms with Crippen LogP contribution in [0.1, 0.15) is 23.0 Å². The van der Waals surface area contributed by atoms with Gasteiger partial charge in [-0.05, 0) is 49.7 Å². The number of pyridine rings is 1. The van der Waals surface area contributed by atoms with Crippen LogP contribution in [0.2, 0.25) is 5.02 Å². The topological polar surface area (TPSA) is 89.3 Å². The predicted molar refractivity (Wildman–Crippen MR) is 98.3 cm³/mol. The first-order chi connectivity index (χ1) is 12.5. The summed E-state index contributed by atoms with van der Waals surface area (Å²) in [6.45, 7) is 4.13. The second kappa shape index (κ2) is 7.45. The van der Waals surface area contributed by atoms with Crippen LogP contribution in [-0.2, 0) is 0 Å². The van der Waals surface area contributed by atoms with Gasteiger partial charge in [-0.1, -0.05) is 11.6 Å². The van der Waals surface area contributed by atoms with Crippen molar-refractivity contribution in [1.29, 1.82) is 0 Å². The Labute approximate surface area is 155 Å². The van der Waals surface area contributed by atoms with E-state index in [1.807, 2.05) is 26.0 Å². The summed E-state index contributed by atoms with van der Waals surface area (Å²) in [6.07, 6.45) is 2.90. The van der Waals surface area contributed by atoms with E-state index in [0.29, 0.717) is 23.2 Å². The highest BCUT2D eigenvalue weighted by molar-refractivity contribution is 6.30. The number of amides is 1. The summed E-state index contributed by atoms with van der Waals surface area (Å²) in [5.41, 5.74) is 1.84. The van der Waals surface area contributed by atoms with Gasteiger partial charge in [-0.15, -0.1) is 0 Å². The van der Waals surface area contributed by atoms with Gasteiger partial charge in [0.2, 0.25) is 0 Å². The van der Waals surface area contributed by atoms with Gasteiger partial charge in [-0.3, -0.25) is 4.79 Å². The van der Waals surface area contributed by atoms with Crippen molar-refractivity contribution in [3.8, 4) is 17.2 Å². The summed E-state index contributed by atoms with van der Waals surface area (Å²) >= 11 is 6.00. The zero-order chi connectivity index (χ0) is 18.7. The molecule has 7 nitrogen and oxygen atoms in total. The summed E-state index contributed by atoms with van der Waals surface area (Å²) < 4.78 is 7.13. The van der Waals surface area contributed by atoms with Gasteiger partial charge >= 0.3 is 0 Å². The molecule has 1 aromatic carbocycles. The van der Waals surface area contributed by atoms with Crippen molar-refractivity contribution in [2.24, 2.45) is 0 Å². The summed E-state index contributed by atoms with van der Waals surface area (Å²) in [7, 11) is 0. The maximum atomic E-state index is 12.6. The van der Waals surface area contributed by atoms with E-state index in [0.717, 1.165) is 11.3 Å². The first kappa shape index (κ1) is 17.8. The van der Waals surface area contributed by atoms with Crippen molar-refractivity contribution in [3.05, 3.63) is 59.0 Å². The number of benzene rings is 1. The smallest absolute Gasteiger partial charge is 0.281 e. The van der Waals surface area contributed by atoms with Crippen LogP contribution < -0.4 is 10.1 Å². The van der Waals surface area contributed by atoms with Gasteiger partial charge in [0.1, 0.15) is 11.6 Å². The van der Waals surface area contributed by atoms with Crippen molar-refractivity contribution in [2.45, 2.75) is 13.8 Å². The molecule has 3 rings (SSSR count). The highest BCUT2D eigenvalue weighted by Crippen LogP contribution is 2.24. The Kier molecular flexibility index (Phi) is 5.09. The maximum absolute atomic E-state index is 12.6. The highest BCUT2D eigenvalue weighted by atomic mass is 35.5. The van der Waals surface area contributed by atoms with Crippen molar-refractivity contribution in [1.82, 2.24) is 14.8 Å². The van der Waals surface area contributed by atoms with E-state index in [9.17, 15) is 9.90 Å². The molecule has 0 aliphatic heterocycles. The molecule has 0 atom stereocenters. The van der Waals surface area contributed by atoms with Crippen LogP contribution in [0.5, 0.6) is 11.5 Å². The Morgan fingerprint density at radius 2 is 2.15 bits per heavy atom. The fourth-order valence-electron chi connectivity index (χ4n) is 2.41. The lowest BCUT2D eigenvalue weighted by atomic mass is 10.2. The molecule has 1 amide bonds. The highest BCUT2D eigenvalue weighted by Gasteiger charge is 2.20. The van der Waals surface area contributed by atoms with E-state index in [2.05, 4.69) is 15.4 Å². The Balaban J connectivity index is 1.93. The lowest BCUT2D eigenvalue weighted by molar-refractivity contribution is 0.101. The number of hydrogen-bond donors (Lipinski definition) is 2. The normalized spacial score (nSPS) is 10.6. The van der Waals surface area contributed by atoms with Gasteiger partial charge in [0.05, 0.1) is 24.7 Å². The number of hydrogen-bond acceptors (Lipinski definition) is 5. The molecule has 0 saturated heterocycles. The minimum Gasteiger partial charge on any atom is -0.506 e. The molecule has 0 aliphatic carbocycles. The van der Waals surface area contributed by atoms with Crippen molar-refractivity contribution < 1.29 is 14.6 Å². The van der Waals surface area contributed by atoms with Crippen molar-refractivity contribution in [2.75, 3.05) is 11.9 Å². The van der Waals surface area contributed by atoms with E-state index >= 15 is 0 Å². The Morgan fingerprint density at radius 3 is 2.81 bits per heavy atom. The second-order valence-electron chi connectivity index (χ2n) is 5.51. The fourth-order valence-corrected chi connectivity index (χ4v) is 2.64. The summed E-state index contributed by atoms with van der Waals surface area (Å²) in [5, 5.41) is 16.9. The number of rotatable bonds is 5. The zero-order valence-electron chi connectivity index (χ0n) is 14.2. The maximum Gasteiger partial charge on any atom is 0.281 e. The average Bonchev–Trinajstić information content (AvgIpc) is 3.01. The first-order valence-corrected chi connectivity index (χ1v) is 8.31. The third-order valence-electron chi connectivity index (χ3n) is 3.59. The average molecular weight is 373 g/mol. The number of aromatic hydroxyl groups is 1. The van der Waals surface area contributed by atoms with Crippen molar-refractivity contribution >= 4 is 23.3 Å². The van der Waals surface area contributed by atoms with Crippen molar-refractivity contribution in [3.63, 3.8) is 0 Å². The van der Waals surface area contributed by atoms with Gasteiger partial charge in [0.15, 0.2) is 11.4 Å². The van der Waals surface area contributed by atoms with Gasteiger partial charge in [0, 0.05) is 5.02 Å². The summed E-state index contributed by atoms with van der Waals surface area (Å²) in [4.78, 5) is 16.5. The molecular weight excluding hydrogens is 356 g/mol. The van der Waals surface area contributed by atoms with Crippen LogP contribution in [0.15, 0.2) is 42.7 Å². The lowest BCUT2D eigenvalue weighted by Gasteiger charge is -2.05. The first-order valence-electron chi connectivity index (χ1n) is 7.93. The van der Waals surface area contributed by atoms with Crippen LogP contribution >= 0.6 is 11.6 Å². The standard InChI is InChI=1S/C18H17ClN4O3/c1-3-26-15-10-23(14-6-4-12(19)8-11(14)2)22-17(15)18(25)21-16-7-5-13(24)9-20-16/h4-10,24H,3H2,1-2H3,(H,20,21,25). The molecule has 2 aromatic heterocycles. The lowest BCUT2D eigenvalue weighted by Crippen LogP contribution is -2.15. The molecule has 3 aromatic rings. The molecule has 0 bridgehead atoms.